The molecule has 120 valence electrons. The van der Waals surface area contributed by atoms with Gasteiger partial charge in [0.05, 0.1) is 13.2 Å². The lowest BCUT2D eigenvalue weighted by Gasteiger charge is -2.57. The van der Waals surface area contributed by atoms with Crippen molar-refractivity contribution in [3.8, 4) is 0 Å². The lowest BCUT2D eigenvalue weighted by molar-refractivity contribution is -0.0522. The highest BCUT2D eigenvalue weighted by molar-refractivity contribution is 7.99. The van der Waals surface area contributed by atoms with Crippen molar-refractivity contribution in [2.24, 2.45) is 11.1 Å². The number of ether oxygens (including phenoxy) is 2. The Morgan fingerprint density at radius 3 is 2.50 bits per heavy atom. The summed E-state index contributed by atoms with van der Waals surface area (Å²) in [6.45, 7) is 10.00. The first-order chi connectivity index (χ1) is 9.45. The Morgan fingerprint density at radius 2 is 2.00 bits per heavy atom. The van der Waals surface area contributed by atoms with E-state index in [-0.39, 0.29) is 11.0 Å². The zero-order chi connectivity index (χ0) is 15.2. The van der Waals surface area contributed by atoms with E-state index in [1.165, 1.54) is 12.2 Å². The monoisotopic (exact) mass is 304 g/mol. The summed E-state index contributed by atoms with van der Waals surface area (Å²) in [6, 6.07) is 0.344. The van der Waals surface area contributed by atoms with E-state index < -0.39 is 0 Å². The summed E-state index contributed by atoms with van der Waals surface area (Å²) in [5.74, 6) is 2.32. The molecule has 0 aromatic heterocycles. The smallest absolute Gasteiger partial charge is 0.0615 e. The standard InChI is InChI=1S/C15H32N2O2S/c1-13(10-19-5)17(7-8-18-4)15(11-16)12-20-9-6-14(15,2)3/h13H,6-12,16H2,1-5H3. The molecule has 5 heteroatoms. The molecule has 0 aromatic carbocycles. The average molecular weight is 305 g/mol. The molecule has 1 fully saturated rings. The minimum atomic E-state index is 0.0202. The quantitative estimate of drug-likeness (QED) is 0.741. The number of rotatable bonds is 8. The van der Waals surface area contributed by atoms with Crippen LogP contribution >= 0.6 is 11.8 Å². The van der Waals surface area contributed by atoms with E-state index in [1.807, 2.05) is 11.8 Å². The summed E-state index contributed by atoms with van der Waals surface area (Å²) >= 11 is 2.02. The normalized spacial score (nSPS) is 27.8. The third kappa shape index (κ3) is 3.69. The summed E-state index contributed by atoms with van der Waals surface area (Å²) in [4.78, 5) is 2.53. The van der Waals surface area contributed by atoms with Gasteiger partial charge in [-0.25, -0.2) is 0 Å². The third-order valence-electron chi connectivity index (χ3n) is 4.84. The van der Waals surface area contributed by atoms with E-state index in [1.54, 1.807) is 14.2 Å². The van der Waals surface area contributed by atoms with E-state index in [0.29, 0.717) is 12.6 Å². The van der Waals surface area contributed by atoms with Crippen molar-refractivity contribution in [2.45, 2.75) is 38.8 Å². The average Bonchev–Trinajstić information content (AvgIpc) is 2.41. The lowest BCUT2D eigenvalue weighted by Crippen LogP contribution is -2.68. The van der Waals surface area contributed by atoms with Gasteiger partial charge in [-0.05, 0) is 24.5 Å². The Hall–Kier alpha value is 0.190. The van der Waals surface area contributed by atoms with Gasteiger partial charge in [-0.2, -0.15) is 11.8 Å². The molecule has 2 atom stereocenters. The third-order valence-corrected chi connectivity index (χ3v) is 6.01. The molecule has 0 radical (unpaired) electrons. The number of nitrogens with two attached hydrogens (primary N) is 1. The highest BCUT2D eigenvalue weighted by Gasteiger charge is 2.51. The van der Waals surface area contributed by atoms with E-state index in [0.717, 1.165) is 25.5 Å². The summed E-state index contributed by atoms with van der Waals surface area (Å²) in [6.07, 6.45) is 1.21. The van der Waals surface area contributed by atoms with Crippen LogP contribution in [0.25, 0.3) is 0 Å². The molecule has 0 bridgehead atoms. The summed E-state index contributed by atoms with van der Waals surface area (Å²) < 4.78 is 10.7. The maximum absolute atomic E-state index is 6.28. The van der Waals surface area contributed by atoms with Crippen LogP contribution in [0.4, 0.5) is 0 Å². The maximum Gasteiger partial charge on any atom is 0.0615 e. The molecule has 1 aliphatic heterocycles. The van der Waals surface area contributed by atoms with Crippen LogP contribution in [-0.2, 0) is 9.47 Å². The molecule has 4 nitrogen and oxygen atoms in total. The molecule has 0 spiro atoms. The van der Waals surface area contributed by atoms with Gasteiger partial charge in [0.2, 0.25) is 0 Å². The zero-order valence-corrected chi connectivity index (χ0v) is 14.6. The summed E-state index contributed by atoms with van der Waals surface area (Å²) in [5, 5.41) is 0. The minimum Gasteiger partial charge on any atom is -0.383 e. The molecular weight excluding hydrogens is 272 g/mol. The van der Waals surface area contributed by atoms with Crippen LogP contribution in [0.5, 0.6) is 0 Å². The molecule has 0 saturated carbocycles. The highest BCUT2D eigenvalue weighted by atomic mass is 32.2. The Balaban J connectivity index is 3.04. The zero-order valence-electron chi connectivity index (χ0n) is 13.8. The van der Waals surface area contributed by atoms with Gasteiger partial charge < -0.3 is 15.2 Å². The largest absolute Gasteiger partial charge is 0.383 e. The SMILES string of the molecule is COCCN(C(C)COC)C1(CN)CSCCC1(C)C. The first kappa shape index (κ1) is 18.2. The molecule has 1 heterocycles. The Kier molecular flexibility index (Phi) is 7.29. The van der Waals surface area contributed by atoms with Crippen LogP contribution in [0.2, 0.25) is 0 Å². The predicted octanol–water partition coefficient (Wildman–Crippen LogP) is 1.83. The summed E-state index contributed by atoms with van der Waals surface area (Å²) in [5.41, 5.74) is 6.52. The molecule has 2 N–H and O–H groups in total. The first-order valence-corrected chi connectivity index (χ1v) is 8.63. The van der Waals surface area contributed by atoms with Crippen LogP contribution < -0.4 is 5.73 Å². The van der Waals surface area contributed by atoms with E-state index in [2.05, 4.69) is 25.7 Å². The van der Waals surface area contributed by atoms with Gasteiger partial charge in [-0.1, -0.05) is 13.8 Å². The van der Waals surface area contributed by atoms with Crippen molar-refractivity contribution >= 4 is 11.8 Å². The Bertz CT molecular complexity index is 289. The van der Waals surface area contributed by atoms with Crippen molar-refractivity contribution < 1.29 is 9.47 Å². The number of hydrogen-bond acceptors (Lipinski definition) is 5. The second-order valence-electron chi connectivity index (χ2n) is 6.41. The number of thioether (sulfide) groups is 1. The van der Waals surface area contributed by atoms with Gasteiger partial charge in [0.15, 0.2) is 0 Å². The lowest BCUT2D eigenvalue weighted by atomic mass is 9.69. The van der Waals surface area contributed by atoms with E-state index in [4.69, 9.17) is 15.2 Å². The maximum atomic E-state index is 6.28. The van der Waals surface area contributed by atoms with Crippen LogP contribution in [0.1, 0.15) is 27.2 Å². The van der Waals surface area contributed by atoms with Crippen molar-refractivity contribution in [3.05, 3.63) is 0 Å². The van der Waals surface area contributed by atoms with Crippen molar-refractivity contribution in [3.63, 3.8) is 0 Å². The van der Waals surface area contributed by atoms with Crippen molar-refractivity contribution in [1.82, 2.24) is 4.90 Å². The van der Waals surface area contributed by atoms with Gasteiger partial charge in [0, 0.05) is 44.6 Å². The predicted molar refractivity (Wildman–Crippen MR) is 87.4 cm³/mol. The van der Waals surface area contributed by atoms with Crippen LogP contribution in [0.15, 0.2) is 0 Å². The van der Waals surface area contributed by atoms with Gasteiger partial charge in [0.1, 0.15) is 0 Å². The van der Waals surface area contributed by atoms with Crippen molar-refractivity contribution in [1.29, 1.82) is 0 Å². The molecule has 1 rings (SSSR count). The van der Waals surface area contributed by atoms with Crippen molar-refractivity contribution in [2.75, 3.05) is 52.0 Å². The van der Waals surface area contributed by atoms with E-state index >= 15 is 0 Å². The van der Waals surface area contributed by atoms with Gasteiger partial charge in [-0.3, -0.25) is 4.90 Å². The number of hydrogen-bond donors (Lipinski definition) is 1. The molecule has 20 heavy (non-hydrogen) atoms. The van der Waals surface area contributed by atoms with Gasteiger partial charge in [0.25, 0.3) is 0 Å². The van der Waals surface area contributed by atoms with Crippen LogP contribution in [0, 0.1) is 5.41 Å². The highest BCUT2D eigenvalue weighted by Crippen LogP contribution is 2.46. The molecule has 0 amide bonds. The molecule has 1 saturated heterocycles. The van der Waals surface area contributed by atoms with Crippen LogP contribution in [0.3, 0.4) is 0 Å². The molecule has 0 aliphatic carbocycles. The number of methoxy groups -OCH3 is 2. The first-order valence-electron chi connectivity index (χ1n) is 7.47. The molecular formula is C15H32N2O2S. The fourth-order valence-corrected chi connectivity index (χ4v) is 5.11. The molecule has 1 aliphatic rings. The second-order valence-corrected chi connectivity index (χ2v) is 7.52. The van der Waals surface area contributed by atoms with Gasteiger partial charge >= 0.3 is 0 Å². The fourth-order valence-electron chi connectivity index (χ4n) is 3.30. The van der Waals surface area contributed by atoms with E-state index in [9.17, 15) is 0 Å². The topological polar surface area (TPSA) is 47.7 Å². The minimum absolute atomic E-state index is 0.0202. The Morgan fingerprint density at radius 1 is 1.30 bits per heavy atom. The fraction of sp³-hybridized carbons (Fsp3) is 1.00. The molecule has 0 aromatic rings. The van der Waals surface area contributed by atoms with Crippen LogP contribution in [-0.4, -0.2) is 68.5 Å². The van der Waals surface area contributed by atoms with Gasteiger partial charge in [-0.15, -0.1) is 0 Å². The molecule has 2 unspecified atom stereocenters. The second kappa shape index (κ2) is 7.99. The number of nitrogens with zero attached hydrogens (tertiary/aromatic N) is 1. The Labute approximate surface area is 128 Å². The summed E-state index contributed by atoms with van der Waals surface area (Å²) in [7, 11) is 3.52.